The van der Waals surface area contributed by atoms with E-state index in [1.54, 1.807) is 13.1 Å². The van der Waals surface area contributed by atoms with Gasteiger partial charge in [0, 0.05) is 6.54 Å². The minimum atomic E-state index is -0.0842. The predicted octanol–water partition coefficient (Wildman–Crippen LogP) is 0.972. The number of anilines is 1. The number of benzene rings is 1. The van der Waals surface area contributed by atoms with E-state index in [1.165, 1.54) is 9.70 Å². The summed E-state index contributed by atoms with van der Waals surface area (Å²) in [6.07, 6.45) is 1.94. The molecule has 1 amide bonds. The van der Waals surface area contributed by atoms with Gasteiger partial charge in [0.1, 0.15) is 0 Å². The number of nitrogens with zero attached hydrogens (tertiary/aromatic N) is 5. The molecule has 0 atom stereocenters. The average Bonchev–Trinajstić information content (AvgIpc) is 2.83. The van der Waals surface area contributed by atoms with Crippen molar-refractivity contribution in [1.82, 2.24) is 20.2 Å². The zero-order valence-corrected chi connectivity index (χ0v) is 10.7. The van der Waals surface area contributed by atoms with Crippen molar-refractivity contribution in [2.45, 2.75) is 6.42 Å². The highest BCUT2D eigenvalue weighted by atomic mass is 16.2. The van der Waals surface area contributed by atoms with Crippen LogP contribution >= 0.6 is 0 Å². The van der Waals surface area contributed by atoms with Gasteiger partial charge in [0.05, 0.1) is 13.5 Å². The number of carbonyl (C=O) groups is 1. The van der Waals surface area contributed by atoms with Crippen LogP contribution in [-0.2, 0) is 18.3 Å². The Balaban J connectivity index is 2.15. The molecule has 2 rings (SSSR count). The third kappa shape index (κ3) is 3.25. The van der Waals surface area contributed by atoms with Gasteiger partial charge in [0.2, 0.25) is 5.91 Å². The molecule has 0 aliphatic rings. The number of aryl methyl sites for hydroxylation is 1. The molecule has 0 saturated heterocycles. The van der Waals surface area contributed by atoms with Crippen molar-refractivity contribution in [2.24, 2.45) is 7.05 Å². The fourth-order valence-corrected chi connectivity index (χ4v) is 1.67. The number of hydrogen-bond donors (Lipinski definition) is 0. The second kappa shape index (κ2) is 5.90. The van der Waals surface area contributed by atoms with E-state index in [9.17, 15) is 4.79 Å². The number of aromatic nitrogens is 4. The van der Waals surface area contributed by atoms with E-state index in [1.807, 2.05) is 30.3 Å². The quantitative estimate of drug-likeness (QED) is 0.749. The zero-order valence-electron chi connectivity index (χ0n) is 10.7. The van der Waals surface area contributed by atoms with Gasteiger partial charge in [-0.25, -0.2) is 0 Å². The van der Waals surface area contributed by atoms with E-state index in [0.29, 0.717) is 18.9 Å². The van der Waals surface area contributed by atoms with E-state index >= 15 is 0 Å². The van der Waals surface area contributed by atoms with Crippen LogP contribution in [0.3, 0.4) is 0 Å². The first-order chi connectivity index (χ1) is 9.20. The Hall–Kier alpha value is -2.50. The molecule has 0 unspecified atom stereocenters. The Morgan fingerprint density at radius 3 is 2.74 bits per heavy atom. The predicted molar refractivity (Wildman–Crippen MR) is 71.5 cm³/mol. The standard InChI is InChI=1S/C13H15N5O/c1-3-9-18(13-14-16-17(2)15-13)12(19)10-11-7-5-4-6-8-11/h3-8H,1,9-10H2,2H3. The van der Waals surface area contributed by atoms with Crippen LogP contribution in [0.4, 0.5) is 5.95 Å². The Morgan fingerprint density at radius 1 is 1.42 bits per heavy atom. The van der Waals surface area contributed by atoms with Crippen molar-refractivity contribution in [3.8, 4) is 0 Å². The maximum absolute atomic E-state index is 12.3. The second-order valence-electron chi connectivity index (χ2n) is 4.03. The van der Waals surface area contributed by atoms with Crippen molar-refractivity contribution < 1.29 is 4.79 Å². The lowest BCUT2D eigenvalue weighted by Gasteiger charge is -2.16. The first-order valence-corrected chi connectivity index (χ1v) is 5.90. The van der Waals surface area contributed by atoms with Gasteiger partial charge in [-0.05, 0) is 10.8 Å². The van der Waals surface area contributed by atoms with Gasteiger partial charge >= 0.3 is 0 Å². The molecule has 6 nitrogen and oxygen atoms in total. The molecule has 1 aromatic carbocycles. The molecular weight excluding hydrogens is 242 g/mol. The average molecular weight is 257 g/mol. The van der Waals surface area contributed by atoms with Crippen molar-refractivity contribution in [3.63, 3.8) is 0 Å². The maximum Gasteiger partial charge on any atom is 0.272 e. The lowest BCUT2D eigenvalue weighted by atomic mass is 10.1. The van der Waals surface area contributed by atoms with Crippen molar-refractivity contribution >= 4 is 11.9 Å². The SMILES string of the molecule is C=CCN(C(=O)Cc1ccccc1)c1nnn(C)n1. The van der Waals surface area contributed by atoms with Gasteiger partial charge in [-0.1, -0.05) is 41.5 Å². The fraction of sp³-hybridized carbons (Fsp3) is 0.231. The summed E-state index contributed by atoms with van der Waals surface area (Å²) < 4.78 is 0. The molecule has 19 heavy (non-hydrogen) atoms. The minimum absolute atomic E-state index is 0.0842. The largest absolute Gasteiger partial charge is 0.274 e. The monoisotopic (exact) mass is 257 g/mol. The van der Waals surface area contributed by atoms with E-state index in [-0.39, 0.29) is 5.91 Å². The maximum atomic E-state index is 12.3. The molecule has 1 aromatic heterocycles. The van der Waals surface area contributed by atoms with E-state index < -0.39 is 0 Å². The summed E-state index contributed by atoms with van der Waals surface area (Å²) in [5.41, 5.74) is 0.949. The fourth-order valence-electron chi connectivity index (χ4n) is 1.67. The summed E-state index contributed by atoms with van der Waals surface area (Å²) in [6.45, 7) is 4.00. The first kappa shape index (κ1) is 12.9. The summed E-state index contributed by atoms with van der Waals surface area (Å²) in [4.78, 5) is 15.1. The number of hydrogen-bond acceptors (Lipinski definition) is 4. The van der Waals surface area contributed by atoms with Crippen molar-refractivity contribution in [3.05, 3.63) is 48.6 Å². The summed E-state index contributed by atoms with van der Waals surface area (Å²) in [5, 5.41) is 11.6. The Bertz CT molecular complexity index is 563. The molecule has 0 N–H and O–H groups in total. The molecule has 1 heterocycles. The number of tetrazole rings is 1. The van der Waals surface area contributed by atoms with Crippen LogP contribution in [0, 0.1) is 0 Å². The molecule has 0 radical (unpaired) electrons. The van der Waals surface area contributed by atoms with Crippen molar-refractivity contribution in [1.29, 1.82) is 0 Å². The first-order valence-electron chi connectivity index (χ1n) is 5.90. The third-order valence-corrected chi connectivity index (χ3v) is 2.55. The van der Waals surface area contributed by atoms with Crippen LogP contribution < -0.4 is 4.90 Å². The highest BCUT2D eigenvalue weighted by Gasteiger charge is 2.18. The zero-order chi connectivity index (χ0) is 13.7. The van der Waals surface area contributed by atoms with Gasteiger partial charge in [-0.2, -0.15) is 4.80 Å². The van der Waals surface area contributed by atoms with Crippen LogP contribution in [-0.4, -0.2) is 32.7 Å². The van der Waals surface area contributed by atoms with Crippen LogP contribution in [0.1, 0.15) is 5.56 Å². The Kier molecular flexibility index (Phi) is 4.02. The van der Waals surface area contributed by atoms with Gasteiger partial charge < -0.3 is 0 Å². The molecule has 0 saturated carbocycles. The molecular formula is C13H15N5O. The lowest BCUT2D eigenvalue weighted by Crippen LogP contribution is -2.33. The molecule has 0 bridgehead atoms. The summed E-state index contributed by atoms with van der Waals surface area (Å²) in [7, 11) is 1.66. The van der Waals surface area contributed by atoms with Gasteiger partial charge in [0.15, 0.2) is 0 Å². The number of rotatable bonds is 5. The van der Waals surface area contributed by atoms with Crippen LogP contribution in [0.15, 0.2) is 43.0 Å². The molecule has 6 heteroatoms. The van der Waals surface area contributed by atoms with E-state index in [0.717, 1.165) is 5.56 Å². The minimum Gasteiger partial charge on any atom is -0.274 e. The van der Waals surface area contributed by atoms with E-state index in [2.05, 4.69) is 22.0 Å². The topological polar surface area (TPSA) is 63.9 Å². The molecule has 0 aliphatic carbocycles. The molecule has 2 aromatic rings. The Morgan fingerprint density at radius 2 is 2.16 bits per heavy atom. The molecule has 0 spiro atoms. The van der Waals surface area contributed by atoms with Gasteiger partial charge in [0.25, 0.3) is 5.95 Å². The molecule has 0 fully saturated rings. The smallest absolute Gasteiger partial charge is 0.272 e. The summed E-state index contributed by atoms with van der Waals surface area (Å²) in [5.74, 6) is 0.211. The normalized spacial score (nSPS) is 10.2. The van der Waals surface area contributed by atoms with Gasteiger partial charge in [-0.15, -0.1) is 11.7 Å². The highest BCUT2D eigenvalue weighted by molar-refractivity contribution is 5.93. The Labute approximate surface area is 111 Å². The van der Waals surface area contributed by atoms with Crippen LogP contribution in [0.25, 0.3) is 0 Å². The van der Waals surface area contributed by atoms with Crippen molar-refractivity contribution in [2.75, 3.05) is 11.4 Å². The van der Waals surface area contributed by atoms with Crippen LogP contribution in [0.2, 0.25) is 0 Å². The van der Waals surface area contributed by atoms with Gasteiger partial charge in [-0.3, -0.25) is 9.69 Å². The summed E-state index contributed by atoms with van der Waals surface area (Å²) >= 11 is 0. The highest BCUT2D eigenvalue weighted by Crippen LogP contribution is 2.09. The number of carbonyl (C=O) groups excluding carboxylic acids is 1. The van der Waals surface area contributed by atoms with Crippen LogP contribution in [0.5, 0.6) is 0 Å². The third-order valence-electron chi connectivity index (χ3n) is 2.55. The number of amides is 1. The second-order valence-corrected chi connectivity index (χ2v) is 4.03. The molecule has 98 valence electrons. The molecule has 0 aliphatic heterocycles. The van der Waals surface area contributed by atoms with E-state index in [4.69, 9.17) is 0 Å². The lowest BCUT2D eigenvalue weighted by molar-refractivity contribution is -0.117. The summed E-state index contributed by atoms with van der Waals surface area (Å²) in [6, 6.07) is 9.55.